The molecule has 43 heavy (non-hydrogen) atoms. The van der Waals surface area contributed by atoms with Gasteiger partial charge in [0.05, 0.1) is 5.69 Å². The normalized spacial score (nSPS) is 14.7. The van der Waals surface area contributed by atoms with Gasteiger partial charge in [-0.3, -0.25) is 9.59 Å². The van der Waals surface area contributed by atoms with Crippen LogP contribution in [0.5, 0.6) is 0 Å². The van der Waals surface area contributed by atoms with Crippen molar-refractivity contribution in [3.05, 3.63) is 101 Å². The van der Waals surface area contributed by atoms with E-state index in [1.54, 1.807) is 0 Å². The maximum Gasteiger partial charge on any atom is 0.304 e. The van der Waals surface area contributed by atoms with Crippen molar-refractivity contribution in [2.45, 2.75) is 64.1 Å². The van der Waals surface area contributed by atoms with Gasteiger partial charge in [0.2, 0.25) is 11.8 Å². The summed E-state index contributed by atoms with van der Waals surface area (Å²) in [6.45, 7) is 1.32. The van der Waals surface area contributed by atoms with Crippen molar-refractivity contribution in [1.82, 2.24) is 14.5 Å². The Morgan fingerprint density at radius 2 is 1.53 bits per heavy atom. The lowest BCUT2D eigenvalue weighted by molar-refractivity contribution is -0.140. The second-order valence-corrected chi connectivity index (χ2v) is 13.3. The van der Waals surface area contributed by atoms with Gasteiger partial charge in [0.1, 0.15) is 18.4 Å². The van der Waals surface area contributed by atoms with E-state index in [9.17, 15) is 18.0 Å². The highest BCUT2D eigenvalue weighted by atomic mass is 32.2. The lowest BCUT2D eigenvalue weighted by Crippen LogP contribution is -2.55. The monoisotopic (exact) mass is 608 g/mol. The molecule has 0 saturated heterocycles. The third kappa shape index (κ3) is 8.20. The Hall–Kier alpha value is -3.76. The summed E-state index contributed by atoms with van der Waals surface area (Å²) < 4.78 is 43.6. The third-order valence-corrected chi connectivity index (χ3v) is 9.77. The first kappa shape index (κ1) is 32.2. The summed E-state index contributed by atoms with van der Waals surface area (Å²) in [4.78, 5) is 29.8. The first-order chi connectivity index (χ1) is 20.6. The predicted molar refractivity (Wildman–Crippen MR) is 167 cm³/mol. The number of hydrogen-bond acceptors (Lipinski definition) is 4. The fraction of sp³-hybridized carbons (Fsp3) is 0.394. The Bertz CT molecular complexity index is 1490. The zero-order chi connectivity index (χ0) is 31.0. The van der Waals surface area contributed by atoms with Crippen molar-refractivity contribution in [2.75, 3.05) is 24.9 Å². The molecule has 3 aromatic carbocycles. The fourth-order valence-corrected chi connectivity index (χ4v) is 6.49. The van der Waals surface area contributed by atoms with Gasteiger partial charge >= 0.3 is 10.2 Å². The average molecular weight is 609 g/mol. The van der Waals surface area contributed by atoms with Gasteiger partial charge < -0.3 is 10.2 Å². The van der Waals surface area contributed by atoms with Gasteiger partial charge in [-0.1, -0.05) is 86.0 Å². The SMILES string of the molecule is Cc1ccccc1CN(C(=O)CN(c1ccccc1F)S(=O)(=O)N(C)C)[C@@H](Cc1ccccc1)C(=O)NC1CCCCC1. The molecule has 0 unspecified atom stereocenters. The molecule has 8 nitrogen and oxygen atoms in total. The summed E-state index contributed by atoms with van der Waals surface area (Å²) in [5, 5.41) is 3.18. The first-order valence-electron chi connectivity index (χ1n) is 14.7. The van der Waals surface area contributed by atoms with Crippen molar-refractivity contribution >= 4 is 27.7 Å². The van der Waals surface area contributed by atoms with Crippen LogP contribution in [0.25, 0.3) is 0 Å². The van der Waals surface area contributed by atoms with E-state index in [2.05, 4.69) is 5.32 Å². The highest BCUT2D eigenvalue weighted by Gasteiger charge is 2.36. The second-order valence-electron chi connectivity index (χ2n) is 11.2. The molecule has 1 N–H and O–H groups in total. The summed E-state index contributed by atoms with van der Waals surface area (Å²) >= 11 is 0. The largest absolute Gasteiger partial charge is 0.352 e. The summed E-state index contributed by atoms with van der Waals surface area (Å²) in [6, 6.07) is 21.5. The van der Waals surface area contributed by atoms with Gasteiger partial charge in [0.25, 0.3) is 0 Å². The fourth-order valence-electron chi connectivity index (χ4n) is 5.43. The maximum atomic E-state index is 15.0. The van der Waals surface area contributed by atoms with E-state index < -0.39 is 34.5 Å². The van der Waals surface area contributed by atoms with Gasteiger partial charge in [0.15, 0.2) is 0 Å². The van der Waals surface area contributed by atoms with Gasteiger partial charge in [-0.25, -0.2) is 8.70 Å². The number of nitrogens with one attached hydrogen (secondary N) is 1. The van der Waals surface area contributed by atoms with Crippen molar-refractivity contribution in [3.8, 4) is 0 Å². The molecule has 10 heteroatoms. The van der Waals surface area contributed by atoms with Crippen LogP contribution in [0.15, 0.2) is 78.9 Å². The lowest BCUT2D eigenvalue weighted by Gasteiger charge is -2.35. The summed E-state index contributed by atoms with van der Waals surface area (Å²) in [7, 11) is -1.62. The molecule has 1 saturated carbocycles. The molecule has 0 heterocycles. The molecule has 0 spiro atoms. The van der Waals surface area contributed by atoms with Crippen molar-refractivity contribution in [3.63, 3.8) is 0 Å². The topological polar surface area (TPSA) is 90.0 Å². The summed E-state index contributed by atoms with van der Waals surface area (Å²) in [5.74, 6) is -1.68. The Morgan fingerprint density at radius 1 is 0.907 bits per heavy atom. The van der Waals surface area contributed by atoms with Crippen molar-refractivity contribution in [1.29, 1.82) is 0 Å². The van der Waals surface area contributed by atoms with Crippen LogP contribution >= 0.6 is 0 Å². The van der Waals surface area contributed by atoms with Gasteiger partial charge in [-0.2, -0.15) is 12.7 Å². The number of para-hydroxylation sites is 1. The Morgan fingerprint density at radius 3 is 2.19 bits per heavy atom. The lowest BCUT2D eigenvalue weighted by atomic mass is 9.94. The quantitative estimate of drug-likeness (QED) is 0.319. The van der Waals surface area contributed by atoms with Gasteiger partial charge in [-0.15, -0.1) is 0 Å². The van der Waals surface area contributed by atoms with Crippen molar-refractivity contribution < 1.29 is 22.4 Å². The van der Waals surface area contributed by atoms with Crippen LogP contribution in [-0.2, 0) is 32.8 Å². The van der Waals surface area contributed by atoms with Crippen LogP contribution in [0.1, 0.15) is 48.8 Å². The molecule has 0 aromatic heterocycles. The highest BCUT2D eigenvalue weighted by Crippen LogP contribution is 2.25. The van der Waals surface area contributed by atoms with E-state index in [-0.39, 0.29) is 30.6 Å². The molecule has 4 rings (SSSR count). The van der Waals surface area contributed by atoms with Crippen LogP contribution in [0.3, 0.4) is 0 Å². The van der Waals surface area contributed by atoms with Crippen LogP contribution in [0.4, 0.5) is 10.1 Å². The Balaban J connectivity index is 1.77. The third-order valence-electron chi connectivity index (χ3n) is 7.96. The van der Waals surface area contributed by atoms with Crippen LogP contribution in [-0.4, -0.2) is 62.2 Å². The number of amides is 2. The van der Waals surface area contributed by atoms with Crippen LogP contribution < -0.4 is 9.62 Å². The molecule has 0 radical (unpaired) electrons. The molecule has 0 bridgehead atoms. The number of halogens is 1. The van der Waals surface area contributed by atoms with E-state index in [0.29, 0.717) is 0 Å². The van der Waals surface area contributed by atoms with E-state index >= 15 is 4.39 Å². The predicted octanol–water partition coefficient (Wildman–Crippen LogP) is 4.84. The molecule has 230 valence electrons. The average Bonchev–Trinajstić information content (AvgIpc) is 2.99. The first-order valence-corrected chi connectivity index (χ1v) is 16.1. The zero-order valence-electron chi connectivity index (χ0n) is 25.1. The molecular formula is C33H41FN4O4S. The molecule has 1 aliphatic carbocycles. The van der Waals surface area contributed by atoms with E-state index in [0.717, 1.165) is 63.5 Å². The smallest absolute Gasteiger partial charge is 0.304 e. The number of carbonyl (C=O) groups is 2. The van der Waals surface area contributed by atoms with E-state index in [1.807, 2.05) is 61.5 Å². The Labute approximate surface area is 254 Å². The summed E-state index contributed by atoms with van der Waals surface area (Å²) in [5.41, 5.74) is 2.37. The molecule has 2 amide bonds. The number of aryl methyl sites for hydroxylation is 1. The molecule has 1 fully saturated rings. The number of benzene rings is 3. The maximum absolute atomic E-state index is 15.0. The van der Waals surface area contributed by atoms with Crippen molar-refractivity contribution in [2.24, 2.45) is 0 Å². The van der Waals surface area contributed by atoms with Crippen LogP contribution in [0.2, 0.25) is 0 Å². The molecular weight excluding hydrogens is 567 g/mol. The zero-order valence-corrected chi connectivity index (χ0v) is 25.9. The number of rotatable bonds is 12. The molecule has 1 aliphatic rings. The molecule has 3 aromatic rings. The number of nitrogens with zero attached hydrogens (tertiary/aromatic N) is 3. The van der Waals surface area contributed by atoms with E-state index in [1.165, 1.54) is 37.2 Å². The number of anilines is 1. The second kappa shape index (κ2) is 14.6. The highest BCUT2D eigenvalue weighted by molar-refractivity contribution is 7.90. The molecule has 0 aliphatic heterocycles. The summed E-state index contributed by atoms with van der Waals surface area (Å²) in [6.07, 6.45) is 5.16. The minimum Gasteiger partial charge on any atom is -0.352 e. The van der Waals surface area contributed by atoms with Crippen LogP contribution in [0, 0.1) is 12.7 Å². The van der Waals surface area contributed by atoms with Gasteiger partial charge in [0, 0.05) is 33.1 Å². The molecule has 1 atom stereocenters. The minimum absolute atomic E-state index is 0.0129. The number of hydrogen-bond donors (Lipinski definition) is 1. The van der Waals surface area contributed by atoms with Gasteiger partial charge in [-0.05, 0) is 48.6 Å². The Kier molecular flexibility index (Phi) is 10.9. The minimum atomic E-state index is -4.27. The standard InChI is InChI=1S/C33H41FN4O4S/c1-25-14-10-11-17-27(25)23-37(32(39)24-38(43(41,42)36(2)3)30-21-13-12-20-29(30)34)31(22-26-15-6-4-7-16-26)33(40)35-28-18-8-5-9-19-28/h4,6-7,10-17,20-21,28,31H,5,8-9,18-19,22-24H2,1-3H3,(H,35,40)/t31-/m0/s1. The number of carbonyl (C=O) groups excluding carboxylic acids is 2. The van der Waals surface area contributed by atoms with E-state index in [4.69, 9.17) is 0 Å².